The molecule has 0 saturated carbocycles. The highest BCUT2D eigenvalue weighted by molar-refractivity contribution is 5.78. The van der Waals surface area contributed by atoms with Gasteiger partial charge < -0.3 is 15.5 Å². The molecule has 1 aromatic carbocycles. The largest absolute Gasteiger partial charge is 0.424 e. The van der Waals surface area contributed by atoms with Crippen molar-refractivity contribution >= 4 is 22.8 Å². The van der Waals surface area contributed by atoms with E-state index in [-0.39, 0.29) is 0 Å². The van der Waals surface area contributed by atoms with Gasteiger partial charge in [-0.05, 0) is 24.3 Å². The molecule has 3 aromatic rings. The number of aromatic nitrogens is 3. The summed E-state index contributed by atoms with van der Waals surface area (Å²) in [7, 11) is 1.90. The maximum absolute atomic E-state index is 5.70. The third kappa shape index (κ3) is 2.52. The van der Waals surface area contributed by atoms with Gasteiger partial charge >= 0.3 is 0 Å². The Morgan fingerprint density at radius 1 is 1.37 bits per heavy atom. The fourth-order valence-corrected chi connectivity index (χ4v) is 1.91. The van der Waals surface area contributed by atoms with E-state index >= 15 is 0 Å². The summed E-state index contributed by atoms with van der Waals surface area (Å²) in [6.45, 7) is 0.722. The van der Waals surface area contributed by atoms with E-state index in [0.717, 1.165) is 29.8 Å². The fraction of sp³-hybridized carbons (Fsp3) is 0.231. The van der Waals surface area contributed by atoms with Crippen molar-refractivity contribution in [2.24, 2.45) is 7.05 Å². The first kappa shape index (κ1) is 11.6. The fourth-order valence-electron chi connectivity index (χ4n) is 1.91. The second kappa shape index (κ2) is 4.64. The average Bonchev–Trinajstić information content (AvgIpc) is 2.95. The van der Waals surface area contributed by atoms with E-state index in [1.807, 2.05) is 25.4 Å². The van der Waals surface area contributed by atoms with Crippen LogP contribution in [-0.4, -0.2) is 21.3 Å². The van der Waals surface area contributed by atoms with E-state index in [9.17, 15) is 0 Å². The molecule has 98 valence electrons. The molecule has 6 heteroatoms. The number of fused-ring (bicyclic) bond motifs is 1. The summed E-state index contributed by atoms with van der Waals surface area (Å²) in [6.07, 6.45) is 2.75. The van der Waals surface area contributed by atoms with Crippen LogP contribution in [0.5, 0.6) is 0 Å². The maximum atomic E-state index is 5.70. The summed E-state index contributed by atoms with van der Waals surface area (Å²) in [4.78, 5) is 4.33. The molecule has 3 N–H and O–H groups in total. The van der Waals surface area contributed by atoms with Crippen LogP contribution < -0.4 is 11.1 Å². The average molecular weight is 257 g/mol. The van der Waals surface area contributed by atoms with Crippen molar-refractivity contribution < 1.29 is 4.42 Å². The van der Waals surface area contributed by atoms with Crippen molar-refractivity contribution in [3.63, 3.8) is 0 Å². The number of nitrogens with two attached hydrogens (primary N) is 1. The molecule has 2 aromatic heterocycles. The molecule has 0 unspecified atom stereocenters. The number of nitrogens with zero attached hydrogens (tertiary/aromatic N) is 3. The summed E-state index contributed by atoms with van der Waals surface area (Å²) in [6, 6.07) is 7.92. The van der Waals surface area contributed by atoms with E-state index in [0.29, 0.717) is 11.7 Å². The van der Waals surface area contributed by atoms with Gasteiger partial charge in [0, 0.05) is 31.9 Å². The number of benzene rings is 1. The normalized spacial score (nSPS) is 11.0. The lowest BCUT2D eigenvalue weighted by atomic mass is 10.3. The molecular formula is C13H15N5O. The van der Waals surface area contributed by atoms with Crippen molar-refractivity contribution in [3.8, 4) is 0 Å². The molecule has 0 spiro atoms. The van der Waals surface area contributed by atoms with Gasteiger partial charge in [0.15, 0.2) is 5.58 Å². The lowest BCUT2D eigenvalue weighted by Gasteiger charge is -1.98. The predicted octanol–water partition coefficient (Wildman–Crippen LogP) is 1.80. The Morgan fingerprint density at radius 2 is 2.26 bits per heavy atom. The topological polar surface area (TPSA) is 81.9 Å². The van der Waals surface area contributed by atoms with Crippen LogP contribution in [0.2, 0.25) is 0 Å². The number of hydrogen-bond acceptors (Lipinski definition) is 5. The van der Waals surface area contributed by atoms with Crippen LogP contribution in [0.4, 0.5) is 11.7 Å². The van der Waals surface area contributed by atoms with Gasteiger partial charge in [-0.15, -0.1) is 0 Å². The van der Waals surface area contributed by atoms with E-state index in [2.05, 4.69) is 15.4 Å². The van der Waals surface area contributed by atoms with E-state index in [1.54, 1.807) is 16.8 Å². The van der Waals surface area contributed by atoms with Gasteiger partial charge in [0.2, 0.25) is 0 Å². The molecule has 0 bridgehead atoms. The molecule has 0 saturated heterocycles. The second-order valence-corrected chi connectivity index (χ2v) is 4.40. The third-order valence-electron chi connectivity index (χ3n) is 2.84. The van der Waals surface area contributed by atoms with Crippen LogP contribution in [0.1, 0.15) is 5.69 Å². The molecule has 0 atom stereocenters. The first-order valence-corrected chi connectivity index (χ1v) is 6.09. The number of nitrogens with one attached hydrogen (secondary N) is 1. The van der Waals surface area contributed by atoms with Crippen molar-refractivity contribution in [2.45, 2.75) is 6.42 Å². The highest BCUT2D eigenvalue weighted by Gasteiger charge is 2.05. The zero-order valence-electron chi connectivity index (χ0n) is 10.6. The Labute approximate surface area is 110 Å². The highest BCUT2D eigenvalue weighted by atomic mass is 16.4. The van der Waals surface area contributed by atoms with Gasteiger partial charge in [0.1, 0.15) is 5.52 Å². The number of rotatable bonds is 4. The molecule has 0 aliphatic carbocycles. The summed E-state index contributed by atoms with van der Waals surface area (Å²) >= 11 is 0. The Bertz CT molecular complexity index is 700. The van der Waals surface area contributed by atoms with Crippen LogP contribution in [0, 0.1) is 0 Å². The van der Waals surface area contributed by atoms with E-state index in [1.165, 1.54) is 0 Å². The minimum absolute atomic E-state index is 0.511. The standard InChI is InChI=1S/C13H15N5O/c1-18-7-5-10(17-18)4-6-15-13-16-11-8-9(14)2-3-12(11)19-13/h2-3,5,7-8H,4,6,14H2,1H3,(H,15,16). The Balaban J connectivity index is 1.65. The number of aryl methyl sites for hydroxylation is 1. The maximum Gasteiger partial charge on any atom is 0.295 e. The number of hydrogen-bond donors (Lipinski definition) is 2. The molecule has 0 fully saturated rings. The lowest BCUT2D eigenvalue weighted by Crippen LogP contribution is -2.05. The van der Waals surface area contributed by atoms with Gasteiger partial charge in [-0.1, -0.05) is 0 Å². The minimum Gasteiger partial charge on any atom is -0.424 e. The van der Waals surface area contributed by atoms with Crippen LogP contribution in [-0.2, 0) is 13.5 Å². The van der Waals surface area contributed by atoms with Gasteiger partial charge in [0.05, 0.1) is 5.69 Å². The van der Waals surface area contributed by atoms with Crippen LogP contribution >= 0.6 is 0 Å². The first-order valence-electron chi connectivity index (χ1n) is 6.09. The Kier molecular flexibility index (Phi) is 2.83. The molecule has 19 heavy (non-hydrogen) atoms. The summed E-state index contributed by atoms with van der Waals surface area (Å²) in [5.74, 6) is 0. The third-order valence-corrected chi connectivity index (χ3v) is 2.84. The number of anilines is 2. The van der Waals surface area contributed by atoms with Gasteiger partial charge in [0.25, 0.3) is 6.01 Å². The number of oxazole rings is 1. The molecule has 0 aliphatic rings. The van der Waals surface area contributed by atoms with Crippen molar-refractivity contribution in [3.05, 3.63) is 36.2 Å². The zero-order chi connectivity index (χ0) is 13.2. The van der Waals surface area contributed by atoms with E-state index < -0.39 is 0 Å². The first-order chi connectivity index (χ1) is 9.20. The Morgan fingerprint density at radius 3 is 3.05 bits per heavy atom. The van der Waals surface area contributed by atoms with Gasteiger partial charge in [-0.2, -0.15) is 10.1 Å². The highest BCUT2D eigenvalue weighted by Crippen LogP contribution is 2.20. The van der Waals surface area contributed by atoms with Crippen LogP contribution in [0.25, 0.3) is 11.1 Å². The van der Waals surface area contributed by atoms with Gasteiger partial charge in [-0.3, -0.25) is 4.68 Å². The molecule has 3 rings (SSSR count). The van der Waals surface area contributed by atoms with Crippen molar-refractivity contribution in [1.82, 2.24) is 14.8 Å². The zero-order valence-corrected chi connectivity index (χ0v) is 10.6. The van der Waals surface area contributed by atoms with Gasteiger partial charge in [-0.25, -0.2) is 0 Å². The SMILES string of the molecule is Cn1ccc(CCNc2nc3cc(N)ccc3o2)n1. The van der Waals surface area contributed by atoms with E-state index in [4.69, 9.17) is 10.2 Å². The Hall–Kier alpha value is -2.50. The van der Waals surface area contributed by atoms with Crippen LogP contribution in [0.3, 0.4) is 0 Å². The monoisotopic (exact) mass is 257 g/mol. The molecular weight excluding hydrogens is 242 g/mol. The molecule has 0 radical (unpaired) electrons. The molecule has 6 nitrogen and oxygen atoms in total. The lowest BCUT2D eigenvalue weighted by molar-refractivity contribution is 0.614. The van der Waals surface area contributed by atoms with Crippen molar-refractivity contribution in [1.29, 1.82) is 0 Å². The van der Waals surface area contributed by atoms with Crippen LogP contribution in [0.15, 0.2) is 34.9 Å². The minimum atomic E-state index is 0.511. The summed E-state index contributed by atoms with van der Waals surface area (Å²) in [5.41, 5.74) is 8.91. The summed E-state index contributed by atoms with van der Waals surface area (Å²) < 4.78 is 7.35. The molecule has 2 heterocycles. The number of nitrogen functional groups attached to an aromatic ring is 1. The smallest absolute Gasteiger partial charge is 0.295 e. The summed E-state index contributed by atoms with van der Waals surface area (Å²) in [5, 5.41) is 7.45. The molecule has 0 aliphatic heterocycles. The quantitative estimate of drug-likeness (QED) is 0.696. The molecule has 0 amide bonds. The predicted molar refractivity (Wildman–Crippen MR) is 73.8 cm³/mol. The van der Waals surface area contributed by atoms with Crippen molar-refractivity contribution in [2.75, 3.05) is 17.6 Å². The second-order valence-electron chi connectivity index (χ2n) is 4.40.